The molecule has 0 saturated heterocycles. The highest BCUT2D eigenvalue weighted by Gasteiger charge is 2.34. The van der Waals surface area contributed by atoms with Gasteiger partial charge in [0.25, 0.3) is 0 Å². The van der Waals surface area contributed by atoms with Crippen LogP contribution in [-0.4, -0.2) is 74.0 Å². The van der Waals surface area contributed by atoms with Crippen molar-refractivity contribution in [3.8, 4) is 0 Å². The SMILES string of the molecule is O=C(NC1CCCCC1)OCC(OC(=O)NC1C=CCCC1)C(COC(=O)NC1CCCCC1)OC(=O)NC1CCCCC1. The summed E-state index contributed by atoms with van der Waals surface area (Å²) in [5, 5.41) is 11.5. The highest BCUT2D eigenvalue weighted by molar-refractivity contribution is 5.70. The molecule has 0 aliphatic heterocycles. The van der Waals surface area contributed by atoms with Crippen molar-refractivity contribution in [2.75, 3.05) is 13.2 Å². The third-order valence-corrected chi connectivity index (χ3v) is 9.03. The zero-order valence-corrected chi connectivity index (χ0v) is 26.0. The number of hydrogen-bond acceptors (Lipinski definition) is 8. The van der Waals surface area contributed by atoms with Crippen LogP contribution in [-0.2, 0) is 18.9 Å². The number of ether oxygens (including phenoxy) is 4. The van der Waals surface area contributed by atoms with Crippen molar-refractivity contribution in [1.82, 2.24) is 21.3 Å². The summed E-state index contributed by atoms with van der Waals surface area (Å²) in [6.07, 6.45) is 16.3. The Balaban J connectivity index is 1.41. The van der Waals surface area contributed by atoms with E-state index in [1.54, 1.807) is 0 Å². The maximum Gasteiger partial charge on any atom is 0.408 e. The molecule has 3 unspecified atom stereocenters. The lowest BCUT2D eigenvalue weighted by Crippen LogP contribution is -2.49. The molecular weight excluding hydrogens is 568 g/mol. The number of alkyl carbamates (subject to hydrolysis) is 4. The predicted octanol–water partition coefficient (Wildman–Crippen LogP) is 5.74. The Morgan fingerprint density at radius 1 is 0.523 bits per heavy atom. The molecule has 3 fully saturated rings. The van der Waals surface area contributed by atoms with E-state index in [0.29, 0.717) is 0 Å². The summed E-state index contributed by atoms with van der Waals surface area (Å²) < 4.78 is 22.5. The molecule has 4 rings (SSSR count). The van der Waals surface area contributed by atoms with Crippen molar-refractivity contribution in [2.24, 2.45) is 0 Å². The van der Waals surface area contributed by atoms with Gasteiger partial charge in [-0.2, -0.15) is 0 Å². The fourth-order valence-corrected chi connectivity index (χ4v) is 6.50. The van der Waals surface area contributed by atoms with E-state index in [9.17, 15) is 19.2 Å². The van der Waals surface area contributed by atoms with Crippen LogP contribution >= 0.6 is 0 Å². The molecule has 4 aliphatic carbocycles. The molecule has 4 amide bonds. The largest absolute Gasteiger partial charge is 0.445 e. The standard InChI is InChI=1S/C32H52N4O8/c37-29(33-23-13-5-1-6-14-23)41-21-27(43-31(39)35-25-17-9-3-10-18-25)28(44-32(40)36-26-19-11-4-12-20-26)22-42-30(38)34-24-15-7-2-8-16-24/h9,17,23-28H,1-8,10-16,18-22H2,(H,33,37)(H,34,38)(H,35,39)(H,36,40). The van der Waals surface area contributed by atoms with Crippen molar-refractivity contribution in [2.45, 2.75) is 152 Å². The molecule has 0 radical (unpaired) electrons. The van der Waals surface area contributed by atoms with Gasteiger partial charge in [0.1, 0.15) is 13.2 Å². The number of carbonyl (C=O) groups excluding carboxylic acids is 4. The molecule has 12 heteroatoms. The lowest BCUT2D eigenvalue weighted by molar-refractivity contribution is -0.0593. The summed E-state index contributed by atoms with van der Waals surface area (Å²) in [5.41, 5.74) is 0. The first-order valence-corrected chi connectivity index (χ1v) is 16.9. The number of rotatable bonds is 11. The Morgan fingerprint density at radius 2 is 0.932 bits per heavy atom. The van der Waals surface area contributed by atoms with Crippen LogP contribution < -0.4 is 21.3 Å². The van der Waals surface area contributed by atoms with Crippen molar-refractivity contribution in [3.63, 3.8) is 0 Å². The van der Waals surface area contributed by atoms with E-state index in [2.05, 4.69) is 21.3 Å². The lowest BCUT2D eigenvalue weighted by Gasteiger charge is -2.29. The number of hydrogen-bond donors (Lipinski definition) is 4. The molecule has 3 atom stereocenters. The molecule has 3 saturated carbocycles. The van der Waals surface area contributed by atoms with Crippen LogP contribution in [0.4, 0.5) is 19.2 Å². The van der Waals surface area contributed by atoms with E-state index in [-0.39, 0.29) is 37.4 Å². The van der Waals surface area contributed by atoms with Crippen molar-refractivity contribution in [3.05, 3.63) is 12.2 Å². The molecule has 4 N–H and O–H groups in total. The topological polar surface area (TPSA) is 153 Å². The van der Waals surface area contributed by atoms with Gasteiger partial charge in [0.15, 0.2) is 12.2 Å². The van der Waals surface area contributed by atoms with E-state index < -0.39 is 36.6 Å². The number of allylic oxidation sites excluding steroid dienone is 1. The number of amides is 4. The lowest BCUT2D eigenvalue weighted by atomic mass is 9.96. The summed E-state index contributed by atoms with van der Waals surface area (Å²) >= 11 is 0. The van der Waals surface area contributed by atoms with Crippen molar-refractivity contribution < 1.29 is 38.1 Å². The first-order valence-electron chi connectivity index (χ1n) is 16.9. The first-order chi connectivity index (χ1) is 21.4. The fourth-order valence-electron chi connectivity index (χ4n) is 6.50. The molecule has 0 aromatic carbocycles. The minimum atomic E-state index is -1.22. The van der Waals surface area contributed by atoms with Crippen molar-refractivity contribution >= 4 is 24.4 Å². The molecule has 0 bridgehead atoms. The summed E-state index contributed by atoms with van der Waals surface area (Å²) in [7, 11) is 0. The zero-order valence-electron chi connectivity index (χ0n) is 26.0. The van der Waals surface area contributed by atoms with Crippen LogP contribution in [0.2, 0.25) is 0 Å². The third kappa shape index (κ3) is 12.4. The Bertz CT molecular complexity index is 945. The van der Waals surface area contributed by atoms with Gasteiger partial charge in [-0.05, 0) is 57.8 Å². The summed E-state index contributed by atoms with van der Waals surface area (Å²) in [6, 6.07) is -0.167. The van der Waals surface area contributed by atoms with E-state index in [0.717, 1.165) is 116 Å². The summed E-state index contributed by atoms with van der Waals surface area (Å²) in [5.74, 6) is 0. The average molecular weight is 621 g/mol. The molecule has 0 heterocycles. The Morgan fingerprint density at radius 3 is 1.34 bits per heavy atom. The zero-order chi connectivity index (χ0) is 31.0. The van der Waals surface area contributed by atoms with Gasteiger partial charge in [0.2, 0.25) is 0 Å². The second kappa shape index (κ2) is 18.6. The van der Waals surface area contributed by atoms with Gasteiger partial charge in [0, 0.05) is 18.1 Å². The number of carbonyl (C=O) groups is 4. The van der Waals surface area contributed by atoms with Crippen LogP contribution in [0.5, 0.6) is 0 Å². The highest BCUT2D eigenvalue weighted by Crippen LogP contribution is 2.20. The van der Waals surface area contributed by atoms with Gasteiger partial charge in [0.05, 0.1) is 6.04 Å². The van der Waals surface area contributed by atoms with Crippen LogP contribution in [0.15, 0.2) is 12.2 Å². The van der Waals surface area contributed by atoms with E-state index in [1.165, 1.54) is 0 Å². The number of nitrogens with one attached hydrogen (secondary N) is 4. The van der Waals surface area contributed by atoms with E-state index >= 15 is 0 Å². The molecule has 248 valence electrons. The van der Waals surface area contributed by atoms with Gasteiger partial charge < -0.3 is 40.2 Å². The summed E-state index contributed by atoms with van der Waals surface area (Å²) in [6.45, 7) is -0.771. The maximum atomic E-state index is 13.0. The molecular formula is C32H52N4O8. The second-order valence-electron chi connectivity index (χ2n) is 12.6. The van der Waals surface area contributed by atoms with Crippen LogP contribution in [0, 0.1) is 0 Å². The molecule has 0 spiro atoms. The monoisotopic (exact) mass is 620 g/mol. The van der Waals surface area contributed by atoms with Gasteiger partial charge in [-0.1, -0.05) is 69.9 Å². The second-order valence-corrected chi connectivity index (χ2v) is 12.6. The third-order valence-electron chi connectivity index (χ3n) is 9.03. The Kier molecular flexibility index (Phi) is 14.2. The maximum absolute atomic E-state index is 13.0. The predicted molar refractivity (Wildman–Crippen MR) is 163 cm³/mol. The molecule has 4 aliphatic rings. The van der Waals surface area contributed by atoms with Crippen molar-refractivity contribution in [1.29, 1.82) is 0 Å². The van der Waals surface area contributed by atoms with Crippen LogP contribution in [0.1, 0.15) is 116 Å². The fraction of sp³-hybridized carbons (Fsp3) is 0.812. The van der Waals surface area contributed by atoms with E-state index in [1.807, 2.05) is 12.2 Å². The highest BCUT2D eigenvalue weighted by atomic mass is 16.6. The van der Waals surface area contributed by atoms with Gasteiger partial charge in [-0.25, -0.2) is 19.2 Å². The molecule has 0 aromatic heterocycles. The average Bonchev–Trinajstić information content (AvgIpc) is 3.03. The van der Waals surface area contributed by atoms with Crippen LogP contribution in [0.3, 0.4) is 0 Å². The summed E-state index contributed by atoms with van der Waals surface area (Å²) in [4.78, 5) is 51.4. The minimum Gasteiger partial charge on any atom is -0.445 e. The molecule has 12 nitrogen and oxygen atoms in total. The molecule has 0 aromatic rings. The Labute approximate surface area is 261 Å². The van der Waals surface area contributed by atoms with Gasteiger partial charge in [-0.15, -0.1) is 0 Å². The minimum absolute atomic E-state index is 0.0225. The van der Waals surface area contributed by atoms with Crippen LogP contribution in [0.25, 0.3) is 0 Å². The molecule has 44 heavy (non-hydrogen) atoms. The van der Waals surface area contributed by atoms with Gasteiger partial charge >= 0.3 is 24.4 Å². The van der Waals surface area contributed by atoms with E-state index in [4.69, 9.17) is 18.9 Å². The Hall–Kier alpha value is -3.18. The smallest absolute Gasteiger partial charge is 0.408 e. The quantitative estimate of drug-likeness (QED) is 0.169. The normalized spacial score (nSPS) is 23.0. The van der Waals surface area contributed by atoms with Gasteiger partial charge in [-0.3, -0.25) is 0 Å². The first kappa shape index (κ1) is 33.7.